The van der Waals surface area contributed by atoms with E-state index in [0.29, 0.717) is 11.1 Å². The highest BCUT2D eigenvalue weighted by Crippen LogP contribution is 2.44. The maximum Gasteiger partial charge on any atom is 0.303 e. The van der Waals surface area contributed by atoms with Crippen LogP contribution in [0.15, 0.2) is 24.3 Å². The summed E-state index contributed by atoms with van der Waals surface area (Å²) < 4.78 is 0. The highest BCUT2D eigenvalue weighted by atomic mass is 16.4. The lowest BCUT2D eigenvalue weighted by molar-refractivity contribution is -0.137. The van der Waals surface area contributed by atoms with Crippen LogP contribution in [-0.2, 0) is 4.79 Å². The number of carboxylic acid groups (broad SMARTS) is 1. The van der Waals surface area contributed by atoms with Crippen molar-refractivity contribution < 1.29 is 19.5 Å². The lowest BCUT2D eigenvalue weighted by Gasteiger charge is -2.40. The second-order valence-electron chi connectivity index (χ2n) is 7.13. The Balaban J connectivity index is 1.86. The van der Waals surface area contributed by atoms with Crippen LogP contribution in [-0.4, -0.2) is 54.1 Å². The van der Waals surface area contributed by atoms with E-state index in [0.717, 1.165) is 41.9 Å². The Hall–Kier alpha value is -3.09. The van der Waals surface area contributed by atoms with Gasteiger partial charge >= 0.3 is 5.97 Å². The SMILES string of the molecule is CCN1CN(CC)c2ccc3c4c(ccc1c24)C(=O)N(CCCC(=O)O)C3=O. The zero-order valence-corrected chi connectivity index (χ0v) is 16.1. The molecule has 0 unspecified atom stereocenters. The fourth-order valence-corrected chi connectivity index (χ4v) is 4.22. The fraction of sp³-hybridized carbons (Fsp3) is 0.381. The van der Waals surface area contributed by atoms with Crippen molar-refractivity contribution in [2.45, 2.75) is 26.7 Å². The minimum Gasteiger partial charge on any atom is -0.481 e. The first-order valence-corrected chi connectivity index (χ1v) is 9.65. The lowest BCUT2D eigenvalue weighted by atomic mass is 9.90. The first kappa shape index (κ1) is 18.3. The molecule has 28 heavy (non-hydrogen) atoms. The molecule has 146 valence electrons. The Morgan fingerprint density at radius 3 is 1.93 bits per heavy atom. The van der Waals surface area contributed by atoms with Crippen LogP contribution in [0.4, 0.5) is 11.4 Å². The molecule has 0 saturated carbocycles. The first-order chi connectivity index (χ1) is 13.5. The Kier molecular flexibility index (Phi) is 4.45. The van der Waals surface area contributed by atoms with Crippen molar-refractivity contribution in [1.82, 2.24) is 4.90 Å². The number of nitrogens with zero attached hydrogens (tertiary/aromatic N) is 3. The predicted octanol–water partition coefficient (Wildman–Crippen LogP) is 2.92. The summed E-state index contributed by atoms with van der Waals surface area (Å²) in [5.74, 6) is -1.62. The fourth-order valence-electron chi connectivity index (χ4n) is 4.22. The van der Waals surface area contributed by atoms with E-state index in [2.05, 4.69) is 23.6 Å². The molecule has 7 heteroatoms. The minimum absolute atomic E-state index is 0.0753. The van der Waals surface area contributed by atoms with E-state index < -0.39 is 5.97 Å². The van der Waals surface area contributed by atoms with Gasteiger partial charge in [0.2, 0.25) is 0 Å². The quantitative estimate of drug-likeness (QED) is 0.775. The topological polar surface area (TPSA) is 81.2 Å². The van der Waals surface area contributed by atoms with Gasteiger partial charge in [-0.1, -0.05) is 0 Å². The number of anilines is 2. The van der Waals surface area contributed by atoms with Crippen LogP contribution in [0, 0.1) is 0 Å². The molecule has 0 spiro atoms. The summed E-state index contributed by atoms with van der Waals surface area (Å²) in [6, 6.07) is 7.53. The van der Waals surface area contributed by atoms with Crippen molar-refractivity contribution in [3.05, 3.63) is 35.4 Å². The second-order valence-corrected chi connectivity index (χ2v) is 7.13. The molecule has 2 aliphatic rings. The summed E-state index contributed by atoms with van der Waals surface area (Å²) in [6.07, 6.45) is 0.169. The number of carbonyl (C=O) groups excluding carboxylic acids is 2. The average molecular weight is 381 g/mol. The van der Waals surface area contributed by atoms with Gasteiger partial charge in [0.05, 0.1) is 6.67 Å². The number of hydrogen-bond donors (Lipinski definition) is 1. The third-order valence-electron chi connectivity index (χ3n) is 5.63. The molecular weight excluding hydrogens is 358 g/mol. The number of rotatable bonds is 6. The van der Waals surface area contributed by atoms with Gasteiger partial charge in [-0.15, -0.1) is 0 Å². The van der Waals surface area contributed by atoms with E-state index in [9.17, 15) is 14.4 Å². The Bertz CT molecular complexity index is 936. The van der Waals surface area contributed by atoms with E-state index >= 15 is 0 Å². The van der Waals surface area contributed by atoms with Crippen molar-refractivity contribution in [1.29, 1.82) is 0 Å². The standard InChI is InChI=1S/C21H23N3O4/c1-3-22-12-23(4-2)16-10-8-14-18-13(7-9-15(22)19(16)18)20(27)24(21(14)28)11-5-6-17(25)26/h7-10H,3-6,11-12H2,1-2H3,(H,25,26). The van der Waals surface area contributed by atoms with Crippen LogP contribution in [0.5, 0.6) is 0 Å². The van der Waals surface area contributed by atoms with E-state index in [1.54, 1.807) is 12.1 Å². The molecule has 0 fully saturated rings. The summed E-state index contributed by atoms with van der Waals surface area (Å²) in [5, 5.41) is 10.5. The van der Waals surface area contributed by atoms with Gasteiger partial charge < -0.3 is 14.9 Å². The zero-order chi connectivity index (χ0) is 20.0. The van der Waals surface area contributed by atoms with Gasteiger partial charge in [-0.05, 0) is 44.5 Å². The van der Waals surface area contributed by atoms with Crippen LogP contribution in [0.2, 0.25) is 0 Å². The van der Waals surface area contributed by atoms with E-state index in [1.807, 2.05) is 12.1 Å². The molecule has 2 amide bonds. The molecule has 0 atom stereocenters. The lowest BCUT2D eigenvalue weighted by Crippen LogP contribution is -2.43. The van der Waals surface area contributed by atoms with Gasteiger partial charge in [0, 0.05) is 59.3 Å². The number of amides is 2. The van der Waals surface area contributed by atoms with Gasteiger partial charge in [0.25, 0.3) is 11.8 Å². The molecule has 7 nitrogen and oxygen atoms in total. The van der Waals surface area contributed by atoms with Crippen molar-refractivity contribution in [3.63, 3.8) is 0 Å². The monoisotopic (exact) mass is 381 g/mol. The minimum atomic E-state index is -0.935. The van der Waals surface area contributed by atoms with Crippen molar-refractivity contribution in [2.24, 2.45) is 0 Å². The summed E-state index contributed by atoms with van der Waals surface area (Å²) in [5.41, 5.74) is 3.12. The molecule has 0 radical (unpaired) electrons. The Morgan fingerprint density at radius 2 is 1.46 bits per heavy atom. The maximum atomic E-state index is 13.1. The number of imide groups is 1. The maximum absolute atomic E-state index is 13.1. The third-order valence-corrected chi connectivity index (χ3v) is 5.63. The molecule has 0 saturated heterocycles. The van der Waals surface area contributed by atoms with Gasteiger partial charge in [0.1, 0.15) is 0 Å². The highest BCUT2D eigenvalue weighted by Gasteiger charge is 2.36. The zero-order valence-electron chi connectivity index (χ0n) is 16.1. The van der Waals surface area contributed by atoms with E-state index in [-0.39, 0.29) is 31.2 Å². The molecule has 0 aliphatic carbocycles. The van der Waals surface area contributed by atoms with Crippen LogP contribution in [0.3, 0.4) is 0 Å². The first-order valence-electron chi connectivity index (χ1n) is 9.65. The smallest absolute Gasteiger partial charge is 0.303 e. The normalized spacial score (nSPS) is 15.6. The molecule has 4 rings (SSSR count). The molecule has 2 aromatic rings. The number of hydrogen-bond acceptors (Lipinski definition) is 5. The summed E-state index contributed by atoms with van der Waals surface area (Å²) in [6.45, 7) is 6.73. The molecule has 2 aliphatic heterocycles. The molecule has 0 aromatic heterocycles. The summed E-state index contributed by atoms with van der Waals surface area (Å²) in [7, 11) is 0. The Morgan fingerprint density at radius 1 is 0.929 bits per heavy atom. The summed E-state index contributed by atoms with van der Waals surface area (Å²) >= 11 is 0. The van der Waals surface area contributed by atoms with E-state index in [1.165, 1.54) is 4.90 Å². The summed E-state index contributed by atoms with van der Waals surface area (Å²) in [4.78, 5) is 42.6. The van der Waals surface area contributed by atoms with Gasteiger partial charge in [-0.3, -0.25) is 19.3 Å². The van der Waals surface area contributed by atoms with E-state index in [4.69, 9.17) is 5.11 Å². The van der Waals surface area contributed by atoms with Crippen molar-refractivity contribution >= 4 is 39.9 Å². The molecule has 2 heterocycles. The van der Waals surface area contributed by atoms with Crippen LogP contribution in [0.1, 0.15) is 47.4 Å². The second kappa shape index (κ2) is 6.82. The molecule has 2 aromatic carbocycles. The largest absolute Gasteiger partial charge is 0.481 e. The number of carboxylic acids is 1. The van der Waals surface area contributed by atoms with Gasteiger partial charge in [0.15, 0.2) is 0 Å². The average Bonchev–Trinajstić information content (AvgIpc) is 2.69. The molecule has 1 N–H and O–H groups in total. The van der Waals surface area contributed by atoms with Crippen LogP contribution >= 0.6 is 0 Å². The van der Waals surface area contributed by atoms with Crippen molar-refractivity contribution in [2.75, 3.05) is 36.1 Å². The van der Waals surface area contributed by atoms with Crippen molar-refractivity contribution in [3.8, 4) is 0 Å². The van der Waals surface area contributed by atoms with Crippen LogP contribution in [0.25, 0.3) is 10.8 Å². The van der Waals surface area contributed by atoms with Gasteiger partial charge in [-0.25, -0.2) is 0 Å². The molecular formula is C21H23N3O4. The number of aliphatic carboxylic acids is 1. The van der Waals surface area contributed by atoms with Crippen LogP contribution < -0.4 is 9.80 Å². The molecule has 0 bridgehead atoms. The van der Waals surface area contributed by atoms with Gasteiger partial charge in [-0.2, -0.15) is 0 Å². The number of carbonyl (C=O) groups is 3. The third kappa shape index (κ3) is 2.61. The highest BCUT2D eigenvalue weighted by molar-refractivity contribution is 6.28. The Labute approximate surface area is 163 Å². The predicted molar refractivity (Wildman–Crippen MR) is 107 cm³/mol. The number of benzene rings is 2.